The third kappa shape index (κ3) is 32.6. The largest absolute Gasteiger partial charge is 0.399 e. The van der Waals surface area contributed by atoms with Gasteiger partial charge in [-0.3, -0.25) is 30.0 Å². The number of rotatable bonds is 17. The van der Waals surface area contributed by atoms with Gasteiger partial charge in [0.25, 0.3) is 11.4 Å². The maximum Gasteiger partial charge on any atom is 0.269 e. The van der Waals surface area contributed by atoms with Crippen LogP contribution in [0.2, 0.25) is 0 Å². The van der Waals surface area contributed by atoms with Gasteiger partial charge >= 0.3 is 0 Å². The van der Waals surface area contributed by atoms with Crippen LogP contribution in [0.25, 0.3) is 0 Å². The maximum absolute atomic E-state index is 10.0. The number of hydrogen-bond acceptors (Lipinski definition) is 12. The summed E-state index contributed by atoms with van der Waals surface area (Å²) in [6.07, 6.45) is 6.12. The molecule has 0 spiro atoms. The van der Waals surface area contributed by atoms with E-state index in [1.807, 2.05) is 79.8 Å². The van der Waals surface area contributed by atoms with Gasteiger partial charge < -0.3 is 58.4 Å². The summed E-state index contributed by atoms with van der Waals surface area (Å²) in [4.78, 5) is 29.0. The Hall–Kier alpha value is -8.99. The van der Waals surface area contributed by atoms with E-state index in [1.165, 1.54) is 75.2 Å². The molecule has 0 saturated carbocycles. The van der Waals surface area contributed by atoms with Crippen molar-refractivity contribution < 1.29 is 85.1 Å². The molecule has 12 aromatic rings. The first-order valence-corrected chi connectivity index (χ1v) is 37.2. The molecule has 16 heteroatoms. The Kier molecular flexibility index (Phi) is 47.2. The van der Waals surface area contributed by atoms with E-state index in [0.717, 1.165) is 70.3 Å². The first-order chi connectivity index (χ1) is 53.0. The quantitative estimate of drug-likeness (QED) is 0.0342. The number of nitro groups is 2. The van der Waals surface area contributed by atoms with Crippen LogP contribution in [0.15, 0.2) is 364 Å². The molecule has 2 radical (unpaired) electrons. The number of para-hydroxylation sites is 4. The molecule has 0 bridgehead atoms. The van der Waals surface area contributed by atoms with Gasteiger partial charge in [-0.15, -0.1) is 26.2 Å². The number of aliphatic hydroxyl groups is 1. The number of nitrogen functional groups attached to an aromatic ring is 1. The van der Waals surface area contributed by atoms with Gasteiger partial charge in [-0.1, -0.05) is 336 Å². The SMILES string of the molecule is CCC.CCOC1CN(C(c2ccccc2)c2ccccc2)C1.CNc1ccccc1.Nc1ccccc1.O=[N+]([O-])c1ccccc1.O=[N+]([O-])c1ccccc1.OC1CN(C(c2ccccc2)c2ccccc2)C1.[CH3-].[CH3-].[Y].[Y].c1ccc(C(c2ccccc2)N2C[CH-]C2)cc1.c1ccc(C(c2ccccc2)N2C[CH-]C2)cc1. The number of non-ortho nitro benzene ring substituents is 2. The Morgan fingerprint density at radius 1 is 0.375 bits per heavy atom. The molecule has 0 aliphatic carbocycles. The monoisotopic (exact) mass is 1650 g/mol. The van der Waals surface area contributed by atoms with Crippen molar-refractivity contribution in [1.29, 1.82) is 0 Å². The van der Waals surface area contributed by atoms with Gasteiger partial charge in [-0.2, -0.15) is 0 Å². The number of aliphatic hydroxyl groups excluding tert-OH is 1. The standard InChI is InChI=1S/C18H21NO.C16H17NO.2C16H16N.C7H9N.2C6H5NO2.C6H7N.C3H8.2CH3.2Y/c1-2-20-17-13-19(14-17)18(15-9-5-3-6-10-15)16-11-7-4-8-12-16;18-15-11-17(12-15)16(13-7-3-1-4-8-13)14-9-5-2-6-10-14;2*1-3-8-14(9-4-1)16(17-12-7-13-17)15-10-5-2-6-11-15;1-8-7-5-3-2-4-6-7;2*8-7(9)6-4-2-1-3-5-6;7-6-4-2-1-3-5-6;1-3-2;;;;/h3-12,17-18H,2,13-14H2,1H3;1-10,15-16,18H,11-12H2;2*1-11,16H,12-13H2;2-6,8H,1H3;2*1-5H;1-5H,7H2;3H2,1-2H3;2*1H3;;/q;;2*-1;;;;;;2*-1;;. The number of nitrogens with two attached hydrogens (primary N) is 1. The van der Waals surface area contributed by atoms with Crippen molar-refractivity contribution in [2.24, 2.45) is 0 Å². The third-order valence-corrected chi connectivity index (χ3v) is 17.8. The topological polar surface area (TPSA) is 167 Å². The van der Waals surface area contributed by atoms with Crippen LogP contribution in [0.3, 0.4) is 0 Å². The molecule has 14 nitrogen and oxygen atoms in total. The normalized spacial score (nSPS) is 13.2. The molecule has 4 aliphatic heterocycles. The van der Waals surface area contributed by atoms with Gasteiger partial charge in [0.15, 0.2) is 0 Å². The van der Waals surface area contributed by atoms with Crippen LogP contribution in [-0.2, 0) is 70.2 Å². The van der Waals surface area contributed by atoms with Gasteiger partial charge in [0.1, 0.15) is 0 Å². The van der Waals surface area contributed by atoms with Gasteiger partial charge in [0.2, 0.25) is 0 Å². The molecule has 16 rings (SSSR count). The van der Waals surface area contributed by atoms with Crippen molar-refractivity contribution in [3.05, 3.63) is 456 Å². The first-order valence-electron chi connectivity index (χ1n) is 37.2. The van der Waals surface area contributed by atoms with Crippen LogP contribution in [-0.4, -0.2) is 113 Å². The predicted octanol–water partition coefficient (Wildman–Crippen LogP) is 21.0. The first kappa shape index (κ1) is 95.4. The fourth-order valence-electron chi connectivity index (χ4n) is 12.4. The zero-order chi connectivity index (χ0) is 76.2. The van der Waals surface area contributed by atoms with Crippen LogP contribution >= 0.6 is 0 Å². The second-order valence-electron chi connectivity index (χ2n) is 25.9. The minimum atomic E-state index is -0.417. The van der Waals surface area contributed by atoms with Crippen LogP contribution in [0.1, 0.15) is 95.9 Å². The molecule has 0 amide bonds. The minimum Gasteiger partial charge on any atom is -0.399 e. The molecule has 112 heavy (non-hydrogen) atoms. The molecule has 580 valence electrons. The molecule has 4 heterocycles. The number of hydrogen-bond donors (Lipinski definition) is 3. The number of benzene rings is 12. The molecular formula is C96H110N8O6Y2-4. The number of nitrogens with one attached hydrogen (secondary N) is 1. The number of likely N-dealkylation sites (tertiary alicyclic amines) is 4. The Balaban J connectivity index is 0.000000273. The van der Waals surface area contributed by atoms with Gasteiger partial charge in [0.05, 0.1) is 46.2 Å². The Morgan fingerprint density at radius 2 is 0.580 bits per heavy atom. The third-order valence-electron chi connectivity index (χ3n) is 17.8. The fraction of sp³-hybridized carbons (Fsp3) is 0.208. The van der Waals surface area contributed by atoms with E-state index < -0.39 is 9.85 Å². The van der Waals surface area contributed by atoms with Crippen LogP contribution in [0, 0.1) is 47.9 Å². The molecule has 4 N–H and O–H groups in total. The Labute approximate surface area is 718 Å². The van der Waals surface area contributed by atoms with Crippen molar-refractivity contribution in [2.75, 3.05) is 77.1 Å². The summed E-state index contributed by atoms with van der Waals surface area (Å²) < 4.78 is 5.69. The number of anilines is 2. The number of ether oxygens (including phenoxy) is 1. The Morgan fingerprint density at radius 3 is 0.741 bits per heavy atom. The van der Waals surface area contributed by atoms with Crippen LogP contribution in [0.5, 0.6) is 0 Å². The fourth-order valence-corrected chi connectivity index (χ4v) is 12.4. The maximum atomic E-state index is 10.0. The molecule has 4 saturated heterocycles. The van der Waals surface area contributed by atoms with Gasteiger partial charge in [0, 0.05) is 141 Å². The summed E-state index contributed by atoms with van der Waals surface area (Å²) in [5, 5.41) is 32.6. The van der Waals surface area contributed by atoms with Crippen LogP contribution < -0.4 is 11.1 Å². The van der Waals surface area contributed by atoms with E-state index in [2.05, 4.69) is 289 Å². The molecule has 0 atom stereocenters. The molecule has 0 unspecified atom stereocenters. The number of nitrogens with zero attached hydrogens (tertiary/aromatic N) is 6. The van der Waals surface area contributed by atoms with Gasteiger partial charge in [-0.05, 0) is 75.7 Å². The molecule has 4 aliphatic rings. The van der Waals surface area contributed by atoms with Crippen molar-refractivity contribution in [1.82, 2.24) is 19.6 Å². The summed E-state index contributed by atoms with van der Waals surface area (Å²) in [5.74, 6) is 0. The van der Waals surface area contributed by atoms with Crippen molar-refractivity contribution in [2.45, 2.75) is 63.6 Å². The second kappa shape index (κ2) is 55.4. The van der Waals surface area contributed by atoms with E-state index >= 15 is 0 Å². The zero-order valence-corrected chi connectivity index (χ0v) is 71.4. The summed E-state index contributed by atoms with van der Waals surface area (Å²) in [6, 6.07) is 122. The van der Waals surface area contributed by atoms with Crippen molar-refractivity contribution in [3.63, 3.8) is 0 Å². The Bertz CT molecular complexity index is 3990. The predicted molar refractivity (Wildman–Crippen MR) is 457 cm³/mol. The summed E-state index contributed by atoms with van der Waals surface area (Å²) in [6.45, 7) is 15.0. The van der Waals surface area contributed by atoms with E-state index in [4.69, 9.17) is 10.5 Å². The smallest absolute Gasteiger partial charge is 0.269 e. The van der Waals surface area contributed by atoms with Crippen molar-refractivity contribution in [3.8, 4) is 0 Å². The van der Waals surface area contributed by atoms with Crippen molar-refractivity contribution >= 4 is 22.7 Å². The second-order valence-corrected chi connectivity index (χ2v) is 25.9. The number of nitro benzene ring substituents is 2. The van der Waals surface area contributed by atoms with E-state index in [1.54, 1.807) is 36.4 Å². The van der Waals surface area contributed by atoms with Gasteiger partial charge in [-0.25, -0.2) is 0 Å². The van der Waals surface area contributed by atoms with E-state index in [9.17, 15) is 25.3 Å². The zero-order valence-electron chi connectivity index (χ0n) is 65.7. The average Bonchev–Trinajstić information content (AvgIpc) is 0.822. The summed E-state index contributed by atoms with van der Waals surface area (Å²) in [7, 11) is 1.91. The molecule has 4 fully saturated rings. The average molecular weight is 1650 g/mol. The van der Waals surface area contributed by atoms with E-state index in [-0.39, 0.29) is 104 Å². The molecular weight excluding hydrogens is 1540 g/mol. The number of β-amino-alcohol motifs (C(OH)–C–C–N with tert-alkyl or cyclic N) is 1. The molecule has 0 aromatic heterocycles. The summed E-state index contributed by atoms with van der Waals surface area (Å²) in [5.41, 5.74) is 18.4. The van der Waals surface area contributed by atoms with Crippen LogP contribution in [0.4, 0.5) is 22.7 Å². The minimum absolute atomic E-state index is 0. The van der Waals surface area contributed by atoms with E-state index in [0.29, 0.717) is 24.2 Å². The summed E-state index contributed by atoms with van der Waals surface area (Å²) >= 11 is 0. The molecule has 12 aromatic carbocycles.